The van der Waals surface area contributed by atoms with Gasteiger partial charge in [-0.2, -0.15) is 0 Å². The van der Waals surface area contributed by atoms with E-state index in [1.165, 1.54) is 0 Å². The van der Waals surface area contributed by atoms with Crippen molar-refractivity contribution in [2.24, 2.45) is 11.1 Å². The number of hydrogen-bond donors (Lipinski definition) is 1. The molecule has 0 aromatic rings. The fraction of sp³-hybridized carbons (Fsp3) is 1.00. The first-order chi connectivity index (χ1) is 4.87. The highest BCUT2D eigenvalue weighted by Gasteiger charge is 2.16. The van der Waals surface area contributed by atoms with E-state index in [-0.39, 0.29) is 6.17 Å². The topological polar surface area (TPSA) is 29.3 Å². The molecular weight excluding hydrogens is 136 g/mol. The van der Waals surface area contributed by atoms with E-state index in [9.17, 15) is 0 Å². The molecular formula is C9H22N2. The summed E-state index contributed by atoms with van der Waals surface area (Å²) in [5, 5.41) is 0. The highest BCUT2D eigenvalue weighted by atomic mass is 15.2. The molecule has 0 aliphatic carbocycles. The lowest BCUT2D eigenvalue weighted by Gasteiger charge is -2.31. The molecule has 0 fully saturated rings. The van der Waals surface area contributed by atoms with Crippen LogP contribution in [0.2, 0.25) is 0 Å². The molecule has 0 aromatic heterocycles. The van der Waals surface area contributed by atoms with E-state index in [4.69, 9.17) is 5.73 Å². The Balaban J connectivity index is 3.88. The third kappa shape index (κ3) is 5.22. The standard InChI is InChI=1S/C9H22N2/c1-6-11(8(2)10)7-9(3,4)5/h8H,6-7,10H2,1-5H3. The normalized spacial score (nSPS) is 15.5. The van der Waals surface area contributed by atoms with Crippen molar-refractivity contribution in [3.05, 3.63) is 0 Å². The molecule has 11 heavy (non-hydrogen) atoms. The first-order valence-electron chi connectivity index (χ1n) is 4.36. The highest BCUT2D eigenvalue weighted by Crippen LogP contribution is 2.15. The third-order valence-corrected chi connectivity index (χ3v) is 1.66. The van der Waals surface area contributed by atoms with Crippen molar-refractivity contribution in [3.63, 3.8) is 0 Å². The van der Waals surface area contributed by atoms with E-state index in [0.717, 1.165) is 13.1 Å². The van der Waals surface area contributed by atoms with Gasteiger partial charge in [0.05, 0.1) is 6.17 Å². The van der Waals surface area contributed by atoms with Gasteiger partial charge in [-0.15, -0.1) is 0 Å². The largest absolute Gasteiger partial charge is 0.316 e. The van der Waals surface area contributed by atoms with E-state index in [0.29, 0.717) is 5.41 Å². The minimum absolute atomic E-state index is 0.180. The third-order valence-electron chi connectivity index (χ3n) is 1.66. The first-order valence-corrected chi connectivity index (χ1v) is 4.36. The molecule has 0 aromatic carbocycles. The molecule has 0 spiro atoms. The predicted octanol–water partition coefficient (Wildman–Crippen LogP) is 1.66. The Morgan fingerprint density at radius 1 is 1.36 bits per heavy atom. The Bertz CT molecular complexity index is 103. The second-order valence-corrected chi connectivity index (χ2v) is 4.36. The van der Waals surface area contributed by atoms with Crippen LogP contribution in [-0.4, -0.2) is 24.2 Å². The van der Waals surface area contributed by atoms with Crippen LogP contribution in [0.15, 0.2) is 0 Å². The lowest BCUT2D eigenvalue weighted by molar-refractivity contribution is 0.157. The smallest absolute Gasteiger partial charge is 0.0542 e. The predicted molar refractivity (Wildman–Crippen MR) is 50.4 cm³/mol. The van der Waals surface area contributed by atoms with E-state index in [2.05, 4.69) is 32.6 Å². The summed E-state index contributed by atoms with van der Waals surface area (Å²) < 4.78 is 0. The van der Waals surface area contributed by atoms with Crippen LogP contribution >= 0.6 is 0 Å². The van der Waals surface area contributed by atoms with Crippen LogP contribution in [0.4, 0.5) is 0 Å². The number of rotatable bonds is 3. The molecule has 0 amide bonds. The van der Waals surface area contributed by atoms with Crippen LogP contribution in [0.25, 0.3) is 0 Å². The van der Waals surface area contributed by atoms with Gasteiger partial charge in [0.25, 0.3) is 0 Å². The van der Waals surface area contributed by atoms with Crippen molar-refractivity contribution < 1.29 is 0 Å². The van der Waals surface area contributed by atoms with Gasteiger partial charge in [0.15, 0.2) is 0 Å². The van der Waals surface area contributed by atoms with E-state index >= 15 is 0 Å². The van der Waals surface area contributed by atoms with Crippen LogP contribution in [0.5, 0.6) is 0 Å². The highest BCUT2D eigenvalue weighted by molar-refractivity contribution is 4.69. The van der Waals surface area contributed by atoms with E-state index in [1.807, 2.05) is 6.92 Å². The quantitative estimate of drug-likeness (QED) is 0.633. The van der Waals surface area contributed by atoms with Gasteiger partial charge in [-0.05, 0) is 18.9 Å². The molecule has 0 rings (SSSR count). The average molecular weight is 158 g/mol. The fourth-order valence-electron chi connectivity index (χ4n) is 1.15. The maximum absolute atomic E-state index is 5.78. The number of nitrogens with two attached hydrogens (primary N) is 1. The maximum atomic E-state index is 5.78. The second kappa shape index (κ2) is 4.07. The van der Waals surface area contributed by atoms with Gasteiger partial charge < -0.3 is 5.73 Å². The summed E-state index contributed by atoms with van der Waals surface area (Å²) in [5.41, 5.74) is 6.13. The molecule has 0 aliphatic heterocycles. The Kier molecular flexibility index (Phi) is 4.04. The van der Waals surface area contributed by atoms with Crippen molar-refractivity contribution in [1.82, 2.24) is 4.90 Å². The average Bonchev–Trinajstić information content (AvgIpc) is 1.80. The van der Waals surface area contributed by atoms with Crippen LogP contribution in [-0.2, 0) is 0 Å². The molecule has 1 unspecified atom stereocenters. The zero-order chi connectivity index (χ0) is 9.07. The van der Waals surface area contributed by atoms with E-state index in [1.54, 1.807) is 0 Å². The van der Waals surface area contributed by atoms with Crippen LogP contribution < -0.4 is 5.73 Å². The van der Waals surface area contributed by atoms with Gasteiger partial charge in [-0.1, -0.05) is 27.7 Å². The molecule has 2 nitrogen and oxygen atoms in total. The van der Waals surface area contributed by atoms with Gasteiger partial charge in [0.1, 0.15) is 0 Å². The van der Waals surface area contributed by atoms with Gasteiger partial charge in [0, 0.05) is 6.54 Å². The van der Waals surface area contributed by atoms with Gasteiger partial charge in [0.2, 0.25) is 0 Å². The molecule has 2 heteroatoms. The Labute approximate surface area is 70.8 Å². The molecule has 0 saturated heterocycles. The molecule has 0 aliphatic rings. The first kappa shape index (κ1) is 10.9. The van der Waals surface area contributed by atoms with Crippen LogP contribution in [0.1, 0.15) is 34.6 Å². The summed E-state index contributed by atoms with van der Waals surface area (Å²) in [4.78, 5) is 2.28. The molecule has 1 atom stereocenters. The minimum atomic E-state index is 0.180. The summed E-state index contributed by atoms with van der Waals surface area (Å²) in [5.74, 6) is 0. The lowest BCUT2D eigenvalue weighted by atomic mass is 9.96. The zero-order valence-electron chi connectivity index (χ0n) is 8.52. The number of nitrogens with zero attached hydrogens (tertiary/aromatic N) is 1. The Hall–Kier alpha value is -0.0800. The summed E-state index contributed by atoms with van der Waals surface area (Å²) in [6, 6.07) is 0. The monoisotopic (exact) mass is 158 g/mol. The van der Waals surface area contributed by atoms with Crippen LogP contribution in [0.3, 0.4) is 0 Å². The lowest BCUT2D eigenvalue weighted by Crippen LogP contribution is -2.43. The minimum Gasteiger partial charge on any atom is -0.316 e. The van der Waals surface area contributed by atoms with E-state index < -0.39 is 0 Å². The molecule has 68 valence electrons. The van der Waals surface area contributed by atoms with Gasteiger partial charge >= 0.3 is 0 Å². The Morgan fingerprint density at radius 2 is 1.82 bits per heavy atom. The van der Waals surface area contributed by atoms with Gasteiger partial charge in [-0.25, -0.2) is 0 Å². The zero-order valence-corrected chi connectivity index (χ0v) is 8.52. The molecule has 0 saturated carbocycles. The summed E-state index contributed by atoms with van der Waals surface area (Å²) in [6.45, 7) is 13.0. The summed E-state index contributed by atoms with van der Waals surface area (Å²) in [7, 11) is 0. The molecule has 0 radical (unpaired) electrons. The molecule has 0 heterocycles. The van der Waals surface area contributed by atoms with Crippen molar-refractivity contribution >= 4 is 0 Å². The van der Waals surface area contributed by atoms with Crippen molar-refractivity contribution in [1.29, 1.82) is 0 Å². The van der Waals surface area contributed by atoms with Crippen molar-refractivity contribution in [2.45, 2.75) is 40.8 Å². The van der Waals surface area contributed by atoms with Gasteiger partial charge in [-0.3, -0.25) is 4.90 Å². The second-order valence-electron chi connectivity index (χ2n) is 4.36. The summed E-state index contributed by atoms with van der Waals surface area (Å²) in [6.07, 6.45) is 0.180. The van der Waals surface area contributed by atoms with Crippen molar-refractivity contribution in [3.8, 4) is 0 Å². The number of hydrogen-bond acceptors (Lipinski definition) is 2. The molecule has 0 bridgehead atoms. The van der Waals surface area contributed by atoms with Crippen LogP contribution in [0, 0.1) is 5.41 Å². The SMILES string of the molecule is CCN(CC(C)(C)C)C(C)N. The maximum Gasteiger partial charge on any atom is 0.0542 e. The summed E-state index contributed by atoms with van der Waals surface area (Å²) >= 11 is 0. The Morgan fingerprint density at radius 3 is 1.91 bits per heavy atom. The molecule has 2 N–H and O–H groups in total. The van der Waals surface area contributed by atoms with Crippen molar-refractivity contribution in [2.75, 3.05) is 13.1 Å². The fourth-order valence-corrected chi connectivity index (χ4v) is 1.15.